The molecule has 1 N–H and O–H groups in total. The lowest BCUT2D eigenvalue weighted by Crippen LogP contribution is -2.21. The summed E-state index contributed by atoms with van der Waals surface area (Å²) in [5.74, 6) is 2.32. The molecule has 0 saturated heterocycles. The molecule has 0 atom stereocenters. The molecule has 2 rings (SSSR count). The largest absolute Gasteiger partial charge is 0.493 e. The van der Waals surface area contributed by atoms with Gasteiger partial charge in [-0.15, -0.1) is 11.8 Å². The summed E-state index contributed by atoms with van der Waals surface area (Å²) in [5, 5.41) is 4.18. The molecule has 0 bridgehead atoms. The molecule has 0 aliphatic carbocycles. The highest BCUT2D eigenvalue weighted by atomic mass is 32.2. The first kappa shape index (κ1) is 19.8. The number of nitrogens with one attached hydrogen (secondary N) is 1. The fourth-order valence-electron chi connectivity index (χ4n) is 2.33. The predicted octanol–water partition coefficient (Wildman–Crippen LogP) is 3.79. The zero-order valence-electron chi connectivity index (χ0n) is 15.5. The molecule has 1 amide bonds. The third-order valence-electron chi connectivity index (χ3n) is 3.90. The van der Waals surface area contributed by atoms with E-state index in [2.05, 4.69) is 29.6 Å². The van der Waals surface area contributed by atoms with Gasteiger partial charge in [0, 0.05) is 11.3 Å². The Labute approximate surface area is 158 Å². The SMILES string of the molecule is COc1ccc(/C(C)=N\NC(=O)CSCc2ccccc2C)cc1OC. The lowest BCUT2D eigenvalue weighted by atomic mass is 10.1. The highest BCUT2D eigenvalue weighted by Crippen LogP contribution is 2.27. The number of hydrogen-bond donors (Lipinski definition) is 1. The number of nitrogens with zero attached hydrogens (tertiary/aromatic N) is 1. The summed E-state index contributed by atoms with van der Waals surface area (Å²) in [5.41, 5.74) is 6.64. The van der Waals surface area contributed by atoms with E-state index in [9.17, 15) is 4.79 Å². The maximum Gasteiger partial charge on any atom is 0.250 e. The van der Waals surface area contributed by atoms with Crippen LogP contribution >= 0.6 is 11.8 Å². The van der Waals surface area contributed by atoms with Crippen LogP contribution < -0.4 is 14.9 Å². The van der Waals surface area contributed by atoms with E-state index in [1.807, 2.05) is 37.3 Å². The molecule has 26 heavy (non-hydrogen) atoms. The molecule has 0 saturated carbocycles. The van der Waals surface area contributed by atoms with Crippen LogP contribution in [0.4, 0.5) is 0 Å². The van der Waals surface area contributed by atoms with E-state index in [1.165, 1.54) is 11.1 Å². The van der Waals surface area contributed by atoms with Gasteiger partial charge in [-0.3, -0.25) is 4.79 Å². The number of carbonyl (C=O) groups excluding carboxylic acids is 1. The van der Waals surface area contributed by atoms with E-state index in [0.29, 0.717) is 23.0 Å². The quantitative estimate of drug-likeness (QED) is 0.566. The normalized spacial score (nSPS) is 11.2. The number of ether oxygens (including phenoxy) is 2. The summed E-state index contributed by atoms with van der Waals surface area (Å²) < 4.78 is 10.5. The van der Waals surface area contributed by atoms with Crippen molar-refractivity contribution in [3.05, 3.63) is 59.2 Å². The van der Waals surface area contributed by atoms with Crippen LogP contribution in [-0.2, 0) is 10.5 Å². The van der Waals surface area contributed by atoms with E-state index >= 15 is 0 Å². The third kappa shape index (κ3) is 5.52. The number of thioether (sulfide) groups is 1. The average molecular weight is 372 g/mol. The maximum atomic E-state index is 12.0. The van der Waals surface area contributed by atoms with Crippen LogP contribution in [0.2, 0.25) is 0 Å². The van der Waals surface area contributed by atoms with Gasteiger partial charge < -0.3 is 9.47 Å². The fraction of sp³-hybridized carbons (Fsp3) is 0.300. The van der Waals surface area contributed by atoms with Crippen molar-refractivity contribution in [2.24, 2.45) is 5.10 Å². The standard InChI is InChI=1S/C20H24N2O3S/c1-14-7-5-6-8-17(14)12-26-13-20(23)22-21-15(2)16-9-10-18(24-3)19(11-16)25-4/h5-11H,12-13H2,1-4H3,(H,22,23)/b21-15-. The number of methoxy groups -OCH3 is 2. The first-order valence-corrected chi connectivity index (χ1v) is 9.38. The van der Waals surface area contributed by atoms with Gasteiger partial charge in [0.05, 0.1) is 25.7 Å². The van der Waals surface area contributed by atoms with E-state index in [4.69, 9.17) is 9.47 Å². The van der Waals surface area contributed by atoms with E-state index in [1.54, 1.807) is 26.0 Å². The second-order valence-corrected chi connectivity index (χ2v) is 6.71. The molecular weight excluding hydrogens is 348 g/mol. The number of benzene rings is 2. The Morgan fingerprint density at radius 3 is 2.54 bits per heavy atom. The summed E-state index contributed by atoms with van der Waals surface area (Å²) in [6, 6.07) is 13.7. The molecule has 0 spiro atoms. The van der Waals surface area contributed by atoms with Crippen molar-refractivity contribution in [2.45, 2.75) is 19.6 Å². The van der Waals surface area contributed by atoms with Gasteiger partial charge in [-0.2, -0.15) is 5.10 Å². The van der Waals surface area contributed by atoms with Gasteiger partial charge >= 0.3 is 0 Å². The molecule has 5 nitrogen and oxygen atoms in total. The molecule has 0 fully saturated rings. The van der Waals surface area contributed by atoms with Crippen molar-refractivity contribution in [2.75, 3.05) is 20.0 Å². The second kappa shape index (κ2) is 9.87. The Morgan fingerprint density at radius 2 is 1.85 bits per heavy atom. The number of hydrogen-bond acceptors (Lipinski definition) is 5. The first-order valence-electron chi connectivity index (χ1n) is 8.23. The highest BCUT2D eigenvalue weighted by Gasteiger charge is 2.07. The summed E-state index contributed by atoms with van der Waals surface area (Å²) >= 11 is 1.57. The Hall–Kier alpha value is -2.47. The van der Waals surface area contributed by atoms with E-state index in [-0.39, 0.29) is 5.91 Å². The Balaban J connectivity index is 1.88. The van der Waals surface area contributed by atoms with Gasteiger partial charge in [0.25, 0.3) is 0 Å². The minimum Gasteiger partial charge on any atom is -0.493 e. The molecule has 6 heteroatoms. The minimum atomic E-state index is -0.122. The van der Waals surface area contributed by atoms with Crippen molar-refractivity contribution in [3.63, 3.8) is 0 Å². The van der Waals surface area contributed by atoms with Crippen LogP contribution in [0.5, 0.6) is 11.5 Å². The average Bonchev–Trinajstić information content (AvgIpc) is 2.67. The molecule has 0 heterocycles. The van der Waals surface area contributed by atoms with Gasteiger partial charge in [0.15, 0.2) is 11.5 Å². The van der Waals surface area contributed by atoms with Crippen molar-refractivity contribution in [3.8, 4) is 11.5 Å². The molecule has 0 aliphatic heterocycles. The summed E-state index contributed by atoms with van der Waals surface area (Å²) in [7, 11) is 3.18. The van der Waals surface area contributed by atoms with Crippen molar-refractivity contribution in [1.29, 1.82) is 0 Å². The monoisotopic (exact) mass is 372 g/mol. The summed E-state index contributed by atoms with van der Waals surface area (Å²) in [6.45, 7) is 3.91. The number of aryl methyl sites for hydroxylation is 1. The fourth-order valence-corrected chi connectivity index (χ4v) is 3.23. The molecule has 0 aliphatic rings. The Kier molecular flexibility index (Phi) is 7.53. The third-order valence-corrected chi connectivity index (χ3v) is 4.88. The number of amides is 1. The zero-order valence-corrected chi connectivity index (χ0v) is 16.4. The molecule has 2 aromatic carbocycles. The number of carbonyl (C=O) groups is 1. The number of rotatable bonds is 8. The van der Waals surface area contributed by atoms with Crippen molar-refractivity contribution in [1.82, 2.24) is 5.43 Å². The van der Waals surface area contributed by atoms with E-state index in [0.717, 1.165) is 11.3 Å². The second-order valence-electron chi connectivity index (χ2n) is 5.72. The van der Waals surface area contributed by atoms with Crippen molar-refractivity contribution >= 4 is 23.4 Å². The Morgan fingerprint density at radius 1 is 1.12 bits per heavy atom. The van der Waals surface area contributed by atoms with Crippen LogP contribution in [0.15, 0.2) is 47.6 Å². The van der Waals surface area contributed by atoms with Gasteiger partial charge in [-0.05, 0) is 43.2 Å². The molecule has 0 radical (unpaired) electrons. The maximum absolute atomic E-state index is 12.0. The van der Waals surface area contributed by atoms with E-state index < -0.39 is 0 Å². The van der Waals surface area contributed by atoms with Crippen LogP contribution in [0, 0.1) is 6.92 Å². The number of hydrazone groups is 1. The molecular formula is C20H24N2O3S. The topological polar surface area (TPSA) is 59.9 Å². The zero-order chi connectivity index (χ0) is 18.9. The van der Waals surface area contributed by atoms with Crippen LogP contribution in [0.25, 0.3) is 0 Å². The Bertz CT molecular complexity index is 790. The van der Waals surface area contributed by atoms with Crippen LogP contribution in [0.1, 0.15) is 23.6 Å². The highest BCUT2D eigenvalue weighted by molar-refractivity contribution is 7.99. The lowest BCUT2D eigenvalue weighted by Gasteiger charge is -2.09. The minimum absolute atomic E-state index is 0.122. The molecule has 0 aromatic heterocycles. The lowest BCUT2D eigenvalue weighted by molar-refractivity contribution is -0.118. The summed E-state index contributed by atoms with van der Waals surface area (Å²) in [4.78, 5) is 12.0. The van der Waals surface area contributed by atoms with Gasteiger partial charge in [0.1, 0.15) is 0 Å². The van der Waals surface area contributed by atoms with Gasteiger partial charge in [-0.25, -0.2) is 5.43 Å². The van der Waals surface area contributed by atoms with Gasteiger partial charge in [-0.1, -0.05) is 24.3 Å². The van der Waals surface area contributed by atoms with Crippen LogP contribution in [-0.4, -0.2) is 31.6 Å². The predicted molar refractivity (Wildman–Crippen MR) is 107 cm³/mol. The smallest absolute Gasteiger partial charge is 0.250 e. The molecule has 2 aromatic rings. The molecule has 138 valence electrons. The first-order chi connectivity index (χ1) is 12.5. The summed E-state index contributed by atoms with van der Waals surface area (Å²) in [6.07, 6.45) is 0. The molecule has 0 unspecified atom stereocenters. The van der Waals surface area contributed by atoms with Crippen LogP contribution in [0.3, 0.4) is 0 Å². The van der Waals surface area contributed by atoms with Crippen molar-refractivity contribution < 1.29 is 14.3 Å². The van der Waals surface area contributed by atoms with Gasteiger partial charge in [0.2, 0.25) is 5.91 Å².